The molecule has 0 unspecified atom stereocenters. The lowest BCUT2D eigenvalue weighted by Crippen LogP contribution is -2.59. The van der Waals surface area contributed by atoms with Crippen molar-refractivity contribution >= 4 is 17.9 Å². The van der Waals surface area contributed by atoms with Crippen molar-refractivity contribution in [2.45, 2.75) is 25.5 Å². The molecular weight excluding hydrogens is 437 g/mol. The molecule has 3 heterocycles. The Morgan fingerprint density at radius 3 is 2.97 bits per heavy atom. The molecule has 0 radical (unpaired) electrons. The smallest absolute Gasteiger partial charge is 0.227 e. The number of rotatable bonds is 4. The third-order valence-corrected chi connectivity index (χ3v) is 6.71. The Bertz CT molecular complexity index is 1160. The third kappa shape index (κ3) is 4.33. The summed E-state index contributed by atoms with van der Waals surface area (Å²) in [5, 5.41) is 14.9. The summed E-state index contributed by atoms with van der Waals surface area (Å²) in [5.74, 6) is -0.412. The van der Waals surface area contributed by atoms with E-state index >= 15 is 0 Å². The van der Waals surface area contributed by atoms with Crippen LogP contribution in [0.2, 0.25) is 0 Å². The monoisotopic (exact) mass is 463 g/mol. The number of hydrazone groups is 1. The number of hydrogen-bond donors (Lipinski definition) is 2. The van der Waals surface area contributed by atoms with E-state index in [1.807, 2.05) is 35.2 Å². The molecular formula is C24H26FN7O2. The maximum absolute atomic E-state index is 13.9. The number of fused-ring (bicyclic) bond motifs is 1. The molecule has 2 aromatic carbocycles. The number of anilines is 1. The number of benzene rings is 2. The number of hydrazine groups is 2. The van der Waals surface area contributed by atoms with Crippen molar-refractivity contribution in [3.8, 4) is 6.07 Å². The number of nitrogens with one attached hydrogen (secondary N) is 2. The summed E-state index contributed by atoms with van der Waals surface area (Å²) in [6.07, 6.45) is 1.74. The van der Waals surface area contributed by atoms with Gasteiger partial charge in [0.05, 0.1) is 36.4 Å². The highest BCUT2D eigenvalue weighted by molar-refractivity contribution is 5.81. The molecule has 2 aromatic rings. The van der Waals surface area contributed by atoms with Gasteiger partial charge in [-0.1, -0.05) is 18.2 Å². The first kappa shape index (κ1) is 22.3. The normalized spacial score (nSPS) is 22.3. The van der Waals surface area contributed by atoms with Crippen molar-refractivity contribution in [2.75, 3.05) is 37.8 Å². The van der Waals surface area contributed by atoms with E-state index in [0.29, 0.717) is 38.2 Å². The van der Waals surface area contributed by atoms with Gasteiger partial charge in [-0.05, 0) is 41.8 Å². The minimum absolute atomic E-state index is 0.0757. The number of morpholine rings is 1. The summed E-state index contributed by atoms with van der Waals surface area (Å²) in [6, 6.07) is 12.9. The topological polar surface area (TPSA) is 96.2 Å². The lowest BCUT2D eigenvalue weighted by atomic mass is 9.96. The molecule has 3 aliphatic heterocycles. The number of halogens is 1. The maximum atomic E-state index is 13.9. The fourth-order valence-electron chi connectivity index (χ4n) is 4.81. The van der Waals surface area contributed by atoms with E-state index in [2.05, 4.69) is 21.1 Å². The second-order valence-corrected chi connectivity index (χ2v) is 8.74. The van der Waals surface area contributed by atoms with Crippen LogP contribution in [-0.2, 0) is 16.0 Å². The molecule has 2 atom stereocenters. The van der Waals surface area contributed by atoms with Gasteiger partial charge < -0.3 is 9.64 Å². The molecule has 3 aliphatic rings. The van der Waals surface area contributed by atoms with Gasteiger partial charge in [0.1, 0.15) is 18.2 Å². The van der Waals surface area contributed by atoms with Crippen molar-refractivity contribution in [2.24, 2.45) is 5.10 Å². The molecule has 9 nitrogen and oxygen atoms in total. The van der Waals surface area contributed by atoms with Crippen LogP contribution in [0.1, 0.15) is 28.4 Å². The minimum atomic E-state index is -0.503. The number of ether oxygens (including phenoxy) is 1. The molecule has 5 rings (SSSR count). The number of nitrogens with zero attached hydrogens (tertiary/aromatic N) is 5. The molecule has 2 fully saturated rings. The summed E-state index contributed by atoms with van der Waals surface area (Å²) in [6.45, 7) is 4.92. The first-order valence-corrected chi connectivity index (χ1v) is 11.3. The Kier molecular flexibility index (Phi) is 6.15. The predicted molar refractivity (Wildman–Crippen MR) is 124 cm³/mol. The largest absolute Gasteiger partial charge is 0.370 e. The van der Waals surface area contributed by atoms with Gasteiger partial charge in [-0.3, -0.25) is 9.69 Å². The summed E-state index contributed by atoms with van der Waals surface area (Å²) >= 11 is 0. The van der Waals surface area contributed by atoms with Gasteiger partial charge in [0, 0.05) is 26.2 Å². The molecule has 10 heteroatoms. The van der Waals surface area contributed by atoms with Gasteiger partial charge in [0.25, 0.3) is 0 Å². The molecule has 34 heavy (non-hydrogen) atoms. The van der Waals surface area contributed by atoms with Gasteiger partial charge >= 0.3 is 0 Å². The van der Waals surface area contributed by atoms with E-state index in [9.17, 15) is 14.4 Å². The Labute approximate surface area is 197 Å². The highest BCUT2D eigenvalue weighted by atomic mass is 19.1. The van der Waals surface area contributed by atoms with E-state index in [-0.39, 0.29) is 23.6 Å². The third-order valence-electron chi connectivity index (χ3n) is 6.71. The summed E-state index contributed by atoms with van der Waals surface area (Å²) in [5.41, 5.74) is 8.93. The number of nitriles is 1. The average Bonchev–Trinajstić information content (AvgIpc) is 3.39. The van der Waals surface area contributed by atoms with Crippen molar-refractivity contribution in [1.82, 2.24) is 20.9 Å². The highest BCUT2D eigenvalue weighted by Gasteiger charge is 2.36. The predicted octanol–water partition coefficient (Wildman–Crippen LogP) is 1.61. The van der Waals surface area contributed by atoms with E-state index in [0.717, 1.165) is 23.4 Å². The zero-order valence-corrected chi connectivity index (χ0v) is 18.9. The number of piperazine rings is 1. The van der Waals surface area contributed by atoms with Crippen molar-refractivity contribution in [3.63, 3.8) is 0 Å². The zero-order valence-electron chi connectivity index (χ0n) is 18.9. The van der Waals surface area contributed by atoms with Gasteiger partial charge in [-0.2, -0.15) is 10.4 Å². The number of carbonyl (C=O) groups is 1. The maximum Gasteiger partial charge on any atom is 0.227 e. The second kappa shape index (κ2) is 9.38. The molecule has 0 spiro atoms. The van der Waals surface area contributed by atoms with Crippen LogP contribution in [0.5, 0.6) is 0 Å². The number of amides is 1. The molecule has 1 amide bonds. The second-order valence-electron chi connectivity index (χ2n) is 8.74. The Hall–Kier alpha value is -3.52. The van der Waals surface area contributed by atoms with Gasteiger partial charge in [-0.15, -0.1) is 5.53 Å². The van der Waals surface area contributed by atoms with Crippen LogP contribution in [0, 0.1) is 24.1 Å². The minimum Gasteiger partial charge on any atom is -0.370 e. The fraction of sp³-hybridized carbons (Fsp3) is 0.375. The average molecular weight is 464 g/mol. The van der Waals surface area contributed by atoms with E-state index in [1.165, 1.54) is 6.07 Å². The van der Waals surface area contributed by atoms with Gasteiger partial charge in [0.2, 0.25) is 5.91 Å². The SMILES string of the molecule is Cc1c([C@@H]2CN3CCN(C(=O)Cc4cccc(N5C=NNN5)c4)C[C@@H]3CO2)ccc(F)c1C#N. The first-order chi connectivity index (χ1) is 16.5. The van der Waals surface area contributed by atoms with E-state index in [4.69, 9.17) is 4.74 Å². The molecule has 2 N–H and O–H groups in total. The Morgan fingerprint density at radius 1 is 1.29 bits per heavy atom. The summed E-state index contributed by atoms with van der Waals surface area (Å²) < 4.78 is 20.0. The number of hydrogen-bond acceptors (Lipinski definition) is 8. The van der Waals surface area contributed by atoms with Gasteiger partial charge in [-0.25, -0.2) is 14.9 Å². The highest BCUT2D eigenvalue weighted by Crippen LogP contribution is 2.31. The first-order valence-electron chi connectivity index (χ1n) is 11.3. The van der Waals surface area contributed by atoms with Crippen molar-refractivity contribution in [3.05, 3.63) is 64.5 Å². The fourth-order valence-corrected chi connectivity index (χ4v) is 4.81. The summed E-state index contributed by atoms with van der Waals surface area (Å²) in [4.78, 5) is 17.3. The van der Waals surface area contributed by atoms with Crippen LogP contribution in [0.15, 0.2) is 41.5 Å². The molecule has 176 valence electrons. The Balaban J connectivity index is 1.20. The Morgan fingerprint density at radius 2 is 2.18 bits per heavy atom. The lowest BCUT2D eigenvalue weighted by Gasteiger charge is -2.46. The van der Waals surface area contributed by atoms with Crippen molar-refractivity contribution in [1.29, 1.82) is 5.26 Å². The van der Waals surface area contributed by atoms with Gasteiger partial charge in [0.15, 0.2) is 0 Å². The van der Waals surface area contributed by atoms with Crippen LogP contribution in [0.4, 0.5) is 10.1 Å². The van der Waals surface area contributed by atoms with Crippen LogP contribution in [0.3, 0.4) is 0 Å². The molecule has 0 aromatic heterocycles. The molecule has 0 aliphatic carbocycles. The standard InChI is InChI=1S/C24H26FN7O2/c1-16-20(5-6-22(25)21(16)11-26)23-13-30-7-8-31(12-19(30)14-34-23)24(33)10-17-3-2-4-18(9-17)32-15-27-28-29-32/h2-6,9,15,19,23,28-29H,7-8,10,12-14H2,1H3/t19-,23+/m1/s1. The lowest BCUT2D eigenvalue weighted by molar-refractivity contribution is -0.139. The molecule has 0 bridgehead atoms. The quantitative estimate of drug-likeness (QED) is 0.711. The van der Waals surface area contributed by atoms with Crippen LogP contribution < -0.4 is 16.1 Å². The van der Waals surface area contributed by atoms with Crippen LogP contribution >= 0.6 is 0 Å². The van der Waals surface area contributed by atoms with Crippen LogP contribution in [0.25, 0.3) is 0 Å². The van der Waals surface area contributed by atoms with Crippen LogP contribution in [-0.4, -0.2) is 60.9 Å². The number of carbonyl (C=O) groups excluding carboxylic acids is 1. The van der Waals surface area contributed by atoms with E-state index < -0.39 is 5.82 Å². The van der Waals surface area contributed by atoms with E-state index in [1.54, 1.807) is 24.3 Å². The molecule has 0 saturated carbocycles. The zero-order chi connectivity index (χ0) is 23.7. The molecule has 2 saturated heterocycles. The van der Waals surface area contributed by atoms with Crippen molar-refractivity contribution < 1.29 is 13.9 Å². The summed E-state index contributed by atoms with van der Waals surface area (Å²) in [7, 11) is 0.